The molecule has 0 amide bonds. The highest BCUT2D eigenvalue weighted by Crippen LogP contribution is 2.21. The first-order chi connectivity index (χ1) is 7.24. The van der Waals surface area contributed by atoms with Crippen LogP contribution in [0.15, 0.2) is 24.3 Å². The average molecular weight is 204 g/mol. The molecule has 4 N–H and O–H groups in total. The zero-order valence-corrected chi connectivity index (χ0v) is 8.83. The van der Waals surface area contributed by atoms with Crippen molar-refractivity contribution in [2.45, 2.75) is 19.4 Å². The van der Waals surface area contributed by atoms with Gasteiger partial charge in [0.25, 0.3) is 0 Å². The summed E-state index contributed by atoms with van der Waals surface area (Å²) in [4.78, 5) is 3.17. The maximum atomic E-state index is 9.60. The first-order valence-corrected chi connectivity index (χ1v) is 5.24. The van der Waals surface area contributed by atoms with Gasteiger partial charge in [0.1, 0.15) is 6.10 Å². The van der Waals surface area contributed by atoms with Gasteiger partial charge in [-0.15, -0.1) is 0 Å². The number of aliphatic hydroxyl groups is 1. The normalized spacial score (nSPS) is 13.3. The Morgan fingerprint density at radius 3 is 2.87 bits per heavy atom. The minimum absolute atomic E-state index is 0.244. The number of fused-ring (bicyclic) bond motifs is 1. The molecule has 0 radical (unpaired) electrons. The van der Waals surface area contributed by atoms with Crippen molar-refractivity contribution < 1.29 is 5.11 Å². The summed E-state index contributed by atoms with van der Waals surface area (Å²) < 4.78 is 0. The van der Waals surface area contributed by atoms with E-state index in [4.69, 9.17) is 5.73 Å². The number of hydrogen-bond acceptors (Lipinski definition) is 2. The molecule has 0 saturated heterocycles. The predicted octanol–water partition coefficient (Wildman–Crippen LogP) is 1.72. The summed E-state index contributed by atoms with van der Waals surface area (Å²) in [6.45, 7) is 2.37. The molecule has 0 aliphatic rings. The van der Waals surface area contributed by atoms with E-state index in [0.29, 0.717) is 0 Å². The second-order valence-electron chi connectivity index (χ2n) is 3.75. The summed E-state index contributed by atoms with van der Waals surface area (Å²) in [5.41, 5.74) is 8.56. The van der Waals surface area contributed by atoms with E-state index in [2.05, 4.69) is 24.0 Å². The number of benzene rings is 1. The highest BCUT2D eigenvalue weighted by Gasteiger charge is 2.08. The third-order valence-electron chi connectivity index (χ3n) is 2.70. The standard InChI is InChI=1S/C12H16N2O/c1-2-8-3-4-10-9(5-8)6-11(14-10)12(15)7-13/h3-6,12,14-15H,2,7,13H2,1H3. The number of aromatic nitrogens is 1. The maximum absolute atomic E-state index is 9.60. The highest BCUT2D eigenvalue weighted by atomic mass is 16.3. The van der Waals surface area contributed by atoms with Crippen molar-refractivity contribution in [3.63, 3.8) is 0 Å². The monoisotopic (exact) mass is 204 g/mol. The molecule has 0 bridgehead atoms. The molecule has 0 aliphatic heterocycles. The quantitative estimate of drug-likeness (QED) is 0.713. The number of nitrogens with two attached hydrogens (primary N) is 1. The van der Waals surface area contributed by atoms with Crippen LogP contribution in [0.5, 0.6) is 0 Å². The van der Waals surface area contributed by atoms with E-state index in [-0.39, 0.29) is 6.54 Å². The number of aliphatic hydroxyl groups excluding tert-OH is 1. The van der Waals surface area contributed by atoms with Crippen molar-refractivity contribution in [3.8, 4) is 0 Å². The zero-order chi connectivity index (χ0) is 10.8. The molecule has 1 unspecified atom stereocenters. The van der Waals surface area contributed by atoms with E-state index >= 15 is 0 Å². The van der Waals surface area contributed by atoms with Gasteiger partial charge in [-0.05, 0) is 30.2 Å². The first-order valence-electron chi connectivity index (χ1n) is 5.24. The lowest BCUT2D eigenvalue weighted by Crippen LogP contribution is -2.11. The van der Waals surface area contributed by atoms with Crippen LogP contribution in [0.3, 0.4) is 0 Å². The van der Waals surface area contributed by atoms with E-state index < -0.39 is 6.10 Å². The van der Waals surface area contributed by atoms with Crippen LogP contribution >= 0.6 is 0 Å². The topological polar surface area (TPSA) is 62.0 Å². The molecule has 1 atom stereocenters. The molecule has 1 aromatic carbocycles. The number of hydrogen-bond donors (Lipinski definition) is 3. The number of H-pyrrole nitrogens is 1. The van der Waals surface area contributed by atoms with Crippen molar-refractivity contribution >= 4 is 10.9 Å². The molecule has 15 heavy (non-hydrogen) atoms. The van der Waals surface area contributed by atoms with Crippen LogP contribution in [0.4, 0.5) is 0 Å². The zero-order valence-electron chi connectivity index (χ0n) is 8.83. The Morgan fingerprint density at radius 1 is 1.40 bits per heavy atom. The van der Waals surface area contributed by atoms with Crippen LogP contribution in [0.25, 0.3) is 10.9 Å². The average Bonchev–Trinajstić information content (AvgIpc) is 2.70. The minimum Gasteiger partial charge on any atom is -0.386 e. The van der Waals surface area contributed by atoms with Crippen LogP contribution in [-0.4, -0.2) is 16.6 Å². The second kappa shape index (κ2) is 4.04. The van der Waals surface area contributed by atoms with Crippen molar-refractivity contribution in [2.24, 2.45) is 5.73 Å². The third kappa shape index (κ3) is 1.89. The summed E-state index contributed by atoms with van der Waals surface area (Å²) in [5, 5.41) is 10.7. The predicted molar refractivity (Wildman–Crippen MR) is 61.7 cm³/mol. The molecule has 2 rings (SSSR count). The molecule has 2 aromatic rings. The van der Waals surface area contributed by atoms with Crippen LogP contribution < -0.4 is 5.73 Å². The van der Waals surface area contributed by atoms with Gasteiger partial charge in [0.05, 0.1) is 0 Å². The molecule has 3 nitrogen and oxygen atoms in total. The lowest BCUT2D eigenvalue weighted by Gasteiger charge is -2.02. The van der Waals surface area contributed by atoms with Crippen LogP contribution in [0.1, 0.15) is 24.3 Å². The van der Waals surface area contributed by atoms with Gasteiger partial charge in [-0.3, -0.25) is 0 Å². The summed E-state index contributed by atoms with van der Waals surface area (Å²) in [7, 11) is 0. The number of aromatic amines is 1. The Morgan fingerprint density at radius 2 is 2.20 bits per heavy atom. The summed E-state index contributed by atoms with van der Waals surface area (Å²) >= 11 is 0. The summed E-state index contributed by atoms with van der Waals surface area (Å²) in [5.74, 6) is 0. The van der Waals surface area contributed by atoms with Gasteiger partial charge >= 0.3 is 0 Å². The fraction of sp³-hybridized carbons (Fsp3) is 0.333. The fourth-order valence-corrected chi connectivity index (χ4v) is 1.73. The number of rotatable bonds is 3. The Hall–Kier alpha value is -1.32. The van der Waals surface area contributed by atoms with Crippen LogP contribution in [0.2, 0.25) is 0 Å². The van der Waals surface area contributed by atoms with Crippen molar-refractivity contribution in [1.29, 1.82) is 0 Å². The first kappa shape index (κ1) is 10.2. The molecular formula is C12H16N2O. The Kier molecular flexibility index (Phi) is 2.75. The molecule has 80 valence electrons. The van der Waals surface area contributed by atoms with Gasteiger partial charge < -0.3 is 15.8 Å². The highest BCUT2D eigenvalue weighted by molar-refractivity contribution is 5.81. The number of nitrogens with one attached hydrogen (secondary N) is 1. The van der Waals surface area contributed by atoms with Crippen LogP contribution in [-0.2, 0) is 6.42 Å². The van der Waals surface area contributed by atoms with Gasteiger partial charge in [-0.2, -0.15) is 0 Å². The molecule has 0 saturated carbocycles. The smallest absolute Gasteiger partial charge is 0.106 e. The van der Waals surface area contributed by atoms with Crippen LogP contribution in [0, 0.1) is 0 Å². The Balaban J connectivity index is 2.46. The second-order valence-corrected chi connectivity index (χ2v) is 3.75. The summed E-state index contributed by atoms with van der Waals surface area (Å²) in [6.07, 6.45) is 0.429. The van der Waals surface area contributed by atoms with Gasteiger partial charge in [-0.25, -0.2) is 0 Å². The van der Waals surface area contributed by atoms with E-state index in [1.807, 2.05) is 12.1 Å². The largest absolute Gasteiger partial charge is 0.386 e. The van der Waals surface area contributed by atoms with Gasteiger partial charge in [0, 0.05) is 23.1 Å². The Labute approximate surface area is 88.9 Å². The maximum Gasteiger partial charge on any atom is 0.106 e. The molecule has 1 aromatic heterocycles. The number of aryl methyl sites for hydroxylation is 1. The van der Waals surface area contributed by atoms with Gasteiger partial charge in [0.2, 0.25) is 0 Å². The molecule has 1 heterocycles. The SMILES string of the molecule is CCc1ccc2[nH]c(C(O)CN)cc2c1. The van der Waals surface area contributed by atoms with E-state index in [9.17, 15) is 5.11 Å². The Bertz CT molecular complexity index is 462. The van der Waals surface area contributed by atoms with Crippen molar-refractivity contribution in [2.75, 3.05) is 6.54 Å². The molecule has 0 spiro atoms. The van der Waals surface area contributed by atoms with E-state index in [1.165, 1.54) is 5.56 Å². The molecular weight excluding hydrogens is 188 g/mol. The third-order valence-corrected chi connectivity index (χ3v) is 2.70. The minimum atomic E-state index is -0.595. The fourth-order valence-electron chi connectivity index (χ4n) is 1.73. The van der Waals surface area contributed by atoms with Crippen molar-refractivity contribution in [3.05, 3.63) is 35.5 Å². The van der Waals surface area contributed by atoms with E-state index in [1.54, 1.807) is 0 Å². The lowest BCUT2D eigenvalue weighted by atomic mass is 10.1. The van der Waals surface area contributed by atoms with Gasteiger partial charge in [-0.1, -0.05) is 13.0 Å². The van der Waals surface area contributed by atoms with E-state index in [0.717, 1.165) is 23.0 Å². The lowest BCUT2D eigenvalue weighted by molar-refractivity contribution is 0.183. The van der Waals surface area contributed by atoms with Gasteiger partial charge in [0.15, 0.2) is 0 Å². The summed E-state index contributed by atoms with van der Waals surface area (Å²) in [6, 6.07) is 8.24. The van der Waals surface area contributed by atoms with Crippen molar-refractivity contribution in [1.82, 2.24) is 4.98 Å². The molecule has 3 heteroatoms. The molecule has 0 aliphatic carbocycles. The molecule has 0 fully saturated rings.